The van der Waals surface area contributed by atoms with E-state index in [0.29, 0.717) is 6.54 Å². The van der Waals surface area contributed by atoms with Crippen LogP contribution < -0.4 is 10.1 Å². The van der Waals surface area contributed by atoms with Gasteiger partial charge in [-0.2, -0.15) is 0 Å². The highest BCUT2D eigenvalue weighted by Crippen LogP contribution is 2.25. The van der Waals surface area contributed by atoms with E-state index in [1.807, 2.05) is 42.5 Å². The minimum atomic E-state index is -0.0677. The van der Waals surface area contributed by atoms with E-state index < -0.39 is 0 Å². The van der Waals surface area contributed by atoms with E-state index in [4.69, 9.17) is 4.74 Å². The van der Waals surface area contributed by atoms with Gasteiger partial charge in [0.2, 0.25) is 5.91 Å². The average Bonchev–Trinajstić information content (AvgIpc) is 3.52. The van der Waals surface area contributed by atoms with E-state index in [2.05, 4.69) is 51.0 Å². The van der Waals surface area contributed by atoms with Gasteiger partial charge in [0.05, 0.1) is 32.0 Å². The lowest BCUT2D eigenvalue weighted by molar-refractivity contribution is -0.119. The molecule has 0 aliphatic carbocycles. The molecule has 1 aliphatic rings. The molecule has 4 rings (SSSR count). The second-order valence-corrected chi connectivity index (χ2v) is 10.2. The summed E-state index contributed by atoms with van der Waals surface area (Å²) in [5.74, 6) is 2.29. The number of likely N-dealkylation sites (tertiary alicyclic amines) is 1. The number of aromatic nitrogens is 3. The second kappa shape index (κ2) is 12.2. The first-order chi connectivity index (χ1) is 17.0. The van der Waals surface area contributed by atoms with Crippen molar-refractivity contribution >= 4 is 17.7 Å². The lowest BCUT2D eigenvalue weighted by atomic mass is 9.96. The van der Waals surface area contributed by atoms with Crippen molar-refractivity contribution in [2.75, 3.05) is 26.0 Å². The summed E-state index contributed by atoms with van der Waals surface area (Å²) in [7, 11) is 1.65. The van der Waals surface area contributed by atoms with E-state index >= 15 is 0 Å². The fraction of sp³-hybridized carbons (Fsp3) is 0.444. The van der Waals surface area contributed by atoms with Gasteiger partial charge in [0.1, 0.15) is 11.6 Å². The molecule has 3 aromatic rings. The molecule has 0 spiro atoms. The minimum absolute atomic E-state index is 0.0140. The van der Waals surface area contributed by atoms with Crippen LogP contribution in [-0.2, 0) is 17.9 Å². The number of rotatable bonds is 11. The summed E-state index contributed by atoms with van der Waals surface area (Å²) in [6, 6.07) is 18.2. The summed E-state index contributed by atoms with van der Waals surface area (Å²) in [6.45, 7) is 7.92. The van der Waals surface area contributed by atoms with Crippen molar-refractivity contribution in [3.8, 4) is 5.75 Å². The van der Waals surface area contributed by atoms with Crippen molar-refractivity contribution in [2.45, 2.75) is 51.0 Å². The highest BCUT2D eigenvalue weighted by Gasteiger charge is 2.21. The van der Waals surface area contributed by atoms with E-state index in [1.165, 1.54) is 30.2 Å². The van der Waals surface area contributed by atoms with Gasteiger partial charge in [-0.1, -0.05) is 68.1 Å². The summed E-state index contributed by atoms with van der Waals surface area (Å²) in [5.41, 5.74) is 2.26. The van der Waals surface area contributed by atoms with Gasteiger partial charge >= 0.3 is 0 Å². The molecule has 1 saturated heterocycles. The summed E-state index contributed by atoms with van der Waals surface area (Å²) in [5, 5.41) is 13.0. The highest BCUT2D eigenvalue weighted by molar-refractivity contribution is 7.99. The molecule has 1 fully saturated rings. The van der Waals surface area contributed by atoms with Crippen molar-refractivity contribution in [1.82, 2.24) is 25.0 Å². The molecule has 1 amide bonds. The molecule has 1 aliphatic heterocycles. The molecule has 2 heterocycles. The predicted molar refractivity (Wildman–Crippen MR) is 140 cm³/mol. The molecule has 8 heteroatoms. The molecule has 0 saturated carbocycles. The zero-order valence-electron chi connectivity index (χ0n) is 20.8. The van der Waals surface area contributed by atoms with Crippen LogP contribution in [-0.4, -0.2) is 51.5 Å². The summed E-state index contributed by atoms with van der Waals surface area (Å²) >= 11 is 1.45. The number of carbonyl (C=O) groups excluding carboxylic acids is 1. The maximum absolute atomic E-state index is 13.0. The van der Waals surface area contributed by atoms with Crippen LogP contribution in [0.5, 0.6) is 5.75 Å². The summed E-state index contributed by atoms with van der Waals surface area (Å²) in [6.07, 6.45) is 2.47. The summed E-state index contributed by atoms with van der Waals surface area (Å²) in [4.78, 5) is 15.4. The van der Waals surface area contributed by atoms with Gasteiger partial charge in [0, 0.05) is 0 Å². The molecule has 1 unspecified atom stereocenters. The monoisotopic (exact) mass is 493 g/mol. The van der Waals surface area contributed by atoms with Gasteiger partial charge in [-0.15, -0.1) is 10.2 Å². The normalized spacial score (nSPS) is 14.9. The van der Waals surface area contributed by atoms with Crippen LogP contribution in [0.3, 0.4) is 0 Å². The van der Waals surface area contributed by atoms with E-state index in [9.17, 15) is 4.79 Å². The fourth-order valence-corrected chi connectivity index (χ4v) is 5.17. The second-order valence-electron chi connectivity index (χ2n) is 9.30. The molecule has 1 N–H and O–H groups in total. The Morgan fingerprint density at radius 1 is 1.03 bits per heavy atom. The highest BCUT2D eigenvalue weighted by atomic mass is 32.2. The van der Waals surface area contributed by atoms with E-state index in [0.717, 1.165) is 41.9 Å². The Labute approximate surface area is 212 Å². The van der Waals surface area contributed by atoms with Crippen molar-refractivity contribution in [3.05, 3.63) is 71.5 Å². The third kappa shape index (κ3) is 6.86. The molecule has 0 bridgehead atoms. The van der Waals surface area contributed by atoms with Crippen LogP contribution in [0.4, 0.5) is 0 Å². The lowest BCUT2D eigenvalue weighted by Gasteiger charge is -2.23. The van der Waals surface area contributed by atoms with Gasteiger partial charge in [-0.3, -0.25) is 9.69 Å². The molecular formula is C27H35N5O2S. The van der Waals surface area contributed by atoms with Crippen LogP contribution in [0.1, 0.15) is 49.7 Å². The van der Waals surface area contributed by atoms with Crippen molar-refractivity contribution in [2.24, 2.45) is 5.92 Å². The van der Waals surface area contributed by atoms with E-state index in [-0.39, 0.29) is 23.6 Å². The zero-order chi connectivity index (χ0) is 24.6. The maximum Gasteiger partial charge on any atom is 0.230 e. The SMILES string of the molecule is COc1ccc(C(NC(=O)CSc2nnc(CN3CCCC3)n2Cc2ccccc2)C(C)C)cc1. The first-order valence-electron chi connectivity index (χ1n) is 12.3. The van der Waals surface area contributed by atoms with Gasteiger partial charge < -0.3 is 14.6 Å². The van der Waals surface area contributed by atoms with Gasteiger partial charge in [-0.25, -0.2) is 0 Å². The number of ether oxygens (including phenoxy) is 1. The third-order valence-electron chi connectivity index (χ3n) is 6.33. The predicted octanol–water partition coefficient (Wildman–Crippen LogP) is 4.54. The van der Waals surface area contributed by atoms with Crippen LogP contribution >= 0.6 is 11.8 Å². The Morgan fingerprint density at radius 2 is 1.74 bits per heavy atom. The Balaban J connectivity index is 1.44. The number of thioether (sulfide) groups is 1. The first-order valence-corrected chi connectivity index (χ1v) is 13.3. The molecule has 0 radical (unpaired) electrons. The van der Waals surface area contributed by atoms with E-state index in [1.54, 1.807) is 7.11 Å². The molecule has 1 atom stereocenters. The zero-order valence-corrected chi connectivity index (χ0v) is 21.6. The largest absolute Gasteiger partial charge is 0.497 e. The van der Waals surface area contributed by atoms with Gasteiger partial charge in [-0.05, 0) is 55.1 Å². The number of nitrogens with one attached hydrogen (secondary N) is 1. The molecular weight excluding hydrogens is 458 g/mol. The lowest BCUT2D eigenvalue weighted by Crippen LogP contribution is -2.33. The number of amides is 1. The van der Waals surface area contributed by atoms with Crippen LogP contribution in [0.2, 0.25) is 0 Å². The van der Waals surface area contributed by atoms with Crippen LogP contribution in [0.15, 0.2) is 59.8 Å². The number of benzene rings is 2. The topological polar surface area (TPSA) is 72.3 Å². The Kier molecular flexibility index (Phi) is 8.82. The average molecular weight is 494 g/mol. The third-order valence-corrected chi connectivity index (χ3v) is 7.30. The number of hydrogen-bond donors (Lipinski definition) is 1. The standard InChI is InChI=1S/C27H35N5O2S/c1-20(2)26(22-11-13-23(34-3)14-12-22)28-25(33)19-35-27-30-29-24(18-31-15-7-8-16-31)32(27)17-21-9-5-4-6-10-21/h4-6,9-14,20,26H,7-8,15-19H2,1-3H3,(H,28,33). The molecule has 186 valence electrons. The van der Waals surface area contributed by atoms with Crippen molar-refractivity contribution < 1.29 is 9.53 Å². The summed E-state index contributed by atoms with van der Waals surface area (Å²) < 4.78 is 7.43. The van der Waals surface area contributed by atoms with Gasteiger partial charge in [0.25, 0.3) is 0 Å². The number of carbonyl (C=O) groups is 1. The number of nitrogens with zero attached hydrogens (tertiary/aromatic N) is 4. The number of methoxy groups -OCH3 is 1. The Bertz CT molecular complexity index is 1080. The first kappa shape index (κ1) is 25.3. The molecule has 1 aromatic heterocycles. The Morgan fingerprint density at radius 3 is 2.40 bits per heavy atom. The van der Waals surface area contributed by atoms with Gasteiger partial charge in [0.15, 0.2) is 5.16 Å². The smallest absolute Gasteiger partial charge is 0.230 e. The fourth-order valence-electron chi connectivity index (χ4n) is 4.40. The molecule has 7 nitrogen and oxygen atoms in total. The van der Waals surface area contributed by atoms with Crippen molar-refractivity contribution in [1.29, 1.82) is 0 Å². The Hall–Kier alpha value is -2.84. The number of hydrogen-bond acceptors (Lipinski definition) is 6. The minimum Gasteiger partial charge on any atom is -0.497 e. The quantitative estimate of drug-likeness (QED) is 0.396. The van der Waals surface area contributed by atoms with Crippen LogP contribution in [0.25, 0.3) is 0 Å². The van der Waals surface area contributed by atoms with Crippen LogP contribution in [0, 0.1) is 5.92 Å². The molecule has 35 heavy (non-hydrogen) atoms. The van der Waals surface area contributed by atoms with Crippen molar-refractivity contribution in [3.63, 3.8) is 0 Å². The molecule has 2 aromatic carbocycles. The maximum atomic E-state index is 13.0.